The molecule has 6 heteroatoms. The molecule has 5 nitrogen and oxygen atoms in total. The highest BCUT2D eigenvalue weighted by molar-refractivity contribution is 14.0. The summed E-state index contributed by atoms with van der Waals surface area (Å²) in [5.74, 6) is 1.69. The summed E-state index contributed by atoms with van der Waals surface area (Å²) in [4.78, 5) is 4.63. The molecule has 3 atom stereocenters. The van der Waals surface area contributed by atoms with Gasteiger partial charge in [0.15, 0.2) is 5.96 Å². The van der Waals surface area contributed by atoms with Crippen molar-refractivity contribution in [2.24, 2.45) is 16.8 Å². The van der Waals surface area contributed by atoms with Gasteiger partial charge in [0.2, 0.25) is 0 Å². The predicted molar refractivity (Wildman–Crippen MR) is 108 cm³/mol. The number of hydrogen-bond donors (Lipinski definition) is 3. The van der Waals surface area contributed by atoms with Gasteiger partial charge in [-0.3, -0.25) is 4.99 Å². The van der Waals surface area contributed by atoms with Crippen molar-refractivity contribution >= 4 is 29.9 Å². The van der Waals surface area contributed by atoms with E-state index in [-0.39, 0.29) is 36.2 Å². The smallest absolute Gasteiger partial charge is 0.191 e. The van der Waals surface area contributed by atoms with Gasteiger partial charge in [0.25, 0.3) is 0 Å². The zero-order valence-corrected chi connectivity index (χ0v) is 17.5. The highest BCUT2D eigenvalue weighted by atomic mass is 127. The Balaban J connectivity index is 0.00000484. The molecule has 3 unspecified atom stereocenters. The standard InChI is InChI=1S/C17H35N3O2.HI/c1-5-18-17(20-12-14-8-7-9-15(14)21)19-11-10-16(13(3)4)22-6-2;/h13-16,21H,5-12H2,1-4H3,(H2,18,19,20);1H. The average Bonchev–Trinajstić information content (AvgIpc) is 2.89. The molecule has 138 valence electrons. The third-order valence-electron chi connectivity index (χ3n) is 4.29. The lowest BCUT2D eigenvalue weighted by atomic mass is 10.0. The van der Waals surface area contributed by atoms with E-state index in [0.717, 1.165) is 51.3 Å². The number of aliphatic hydroxyl groups excluding tert-OH is 1. The minimum Gasteiger partial charge on any atom is -0.393 e. The van der Waals surface area contributed by atoms with Gasteiger partial charge < -0.3 is 20.5 Å². The molecular formula is C17H36IN3O2. The summed E-state index contributed by atoms with van der Waals surface area (Å²) in [6.07, 6.45) is 4.22. The second-order valence-electron chi connectivity index (χ2n) is 6.43. The molecule has 0 radical (unpaired) electrons. The Morgan fingerprint density at radius 3 is 2.52 bits per heavy atom. The number of rotatable bonds is 9. The Morgan fingerprint density at radius 1 is 1.26 bits per heavy atom. The highest BCUT2D eigenvalue weighted by Crippen LogP contribution is 2.25. The van der Waals surface area contributed by atoms with Crippen molar-refractivity contribution in [2.45, 2.75) is 65.6 Å². The van der Waals surface area contributed by atoms with Crippen molar-refractivity contribution in [3.63, 3.8) is 0 Å². The number of nitrogens with one attached hydrogen (secondary N) is 2. The maximum Gasteiger partial charge on any atom is 0.191 e. The van der Waals surface area contributed by atoms with Crippen molar-refractivity contribution < 1.29 is 9.84 Å². The first-order valence-corrected chi connectivity index (χ1v) is 8.90. The summed E-state index contributed by atoms with van der Waals surface area (Å²) in [5, 5.41) is 16.5. The molecule has 1 rings (SSSR count). The van der Waals surface area contributed by atoms with Crippen LogP contribution in [0.25, 0.3) is 0 Å². The van der Waals surface area contributed by atoms with E-state index in [1.54, 1.807) is 0 Å². The molecule has 0 aliphatic heterocycles. The zero-order chi connectivity index (χ0) is 16.4. The topological polar surface area (TPSA) is 65.9 Å². The first kappa shape index (κ1) is 22.9. The summed E-state index contributed by atoms with van der Waals surface area (Å²) in [7, 11) is 0. The highest BCUT2D eigenvalue weighted by Gasteiger charge is 2.24. The van der Waals surface area contributed by atoms with Crippen molar-refractivity contribution in [1.29, 1.82) is 0 Å². The SMILES string of the molecule is CCNC(=NCC1CCCC1O)NCCC(OCC)C(C)C.I. The van der Waals surface area contributed by atoms with E-state index in [9.17, 15) is 5.11 Å². The molecule has 23 heavy (non-hydrogen) atoms. The third-order valence-corrected chi connectivity index (χ3v) is 4.29. The molecule has 0 spiro atoms. The Labute approximate surface area is 159 Å². The van der Waals surface area contributed by atoms with E-state index in [1.807, 2.05) is 6.92 Å². The van der Waals surface area contributed by atoms with Gasteiger partial charge >= 0.3 is 0 Å². The molecule has 0 aromatic rings. The van der Waals surface area contributed by atoms with Crippen LogP contribution in [-0.2, 0) is 4.74 Å². The van der Waals surface area contributed by atoms with E-state index >= 15 is 0 Å². The van der Waals surface area contributed by atoms with E-state index < -0.39 is 0 Å². The second-order valence-corrected chi connectivity index (χ2v) is 6.43. The lowest BCUT2D eigenvalue weighted by Gasteiger charge is -2.21. The second kappa shape index (κ2) is 13.2. The van der Waals surface area contributed by atoms with Crippen LogP contribution in [0.4, 0.5) is 0 Å². The fraction of sp³-hybridized carbons (Fsp3) is 0.941. The number of hydrogen-bond acceptors (Lipinski definition) is 3. The van der Waals surface area contributed by atoms with Crippen molar-refractivity contribution in [3.05, 3.63) is 0 Å². The summed E-state index contributed by atoms with van der Waals surface area (Å²) in [6, 6.07) is 0. The van der Waals surface area contributed by atoms with Crippen molar-refractivity contribution in [3.8, 4) is 0 Å². The van der Waals surface area contributed by atoms with Crippen LogP contribution < -0.4 is 10.6 Å². The molecule has 0 amide bonds. The third kappa shape index (κ3) is 9.10. The molecule has 0 heterocycles. The van der Waals surface area contributed by atoms with E-state index in [0.29, 0.717) is 18.4 Å². The van der Waals surface area contributed by atoms with Gasteiger partial charge in [-0.2, -0.15) is 0 Å². The van der Waals surface area contributed by atoms with Crippen molar-refractivity contribution in [1.82, 2.24) is 10.6 Å². The van der Waals surface area contributed by atoms with Gasteiger partial charge in [-0.15, -0.1) is 24.0 Å². The first-order chi connectivity index (χ1) is 10.6. The summed E-state index contributed by atoms with van der Waals surface area (Å²) >= 11 is 0. The zero-order valence-electron chi connectivity index (χ0n) is 15.2. The normalized spacial score (nSPS) is 22.8. The molecule has 0 bridgehead atoms. The van der Waals surface area contributed by atoms with Gasteiger partial charge in [-0.1, -0.05) is 20.3 Å². The van der Waals surface area contributed by atoms with Gasteiger partial charge in [0, 0.05) is 32.2 Å². The van der Waals surface area contributed by atoms with E-state index in [1.165, 1.54) is 0 Å². The molecule has 0 aromatic heterocycles. The summed E-state index contributed by atoms with van der Waals surface area (Å²) in [6.45, 7) is 11.7. The monoisotopic (exact) mass is 441 g/mol. The minimum atomic E-state index is -0.171. The number of guanidine groups is 1. The largest absolute Gasteiger partial charge is 0.393 e. The van der Waals surface area contributed by atoms with Crippen molar-refractivity contribution in [2.75, 3.05) is 26.2 Å². The number of aliphatic imine (C=N–C) groups is 1. The van der Waals surface area contributed by atoms with Crippen LogP contribution in [0.5, 0.6) is 0 Å². The van der Waals surface area contributed by atoms with Crippen LogP contribution in [0.15, 0.2) is 4.99 Å². The van der Waals surface area contributed by atoms with Crippen LogP contribution in [0.3, 0.4) is 0 Å². The van der Waals surface area contributed by atoms with Crippen LogP contribution in [0.2, 0.25) is 0 Å². The summed E-state index contributed by atoms with van der Waals surface area (Å²) < 4.78 is 5.77. The van der Waals surface area contributed by atoms with Gasteiger partial charge in [0.1, 0.15) is 0 Å². The molecule has 1 aliphatic carbocycles. The Bertz CT molecular complexity index is 327. The maximum absolute atomic E-state index is 9.87. The van der Waals surface area contributed by atoms with Crippen LogP contribution in [-0.4, -0.2) is 49.5 Å². The lowest BCUT2D eigenvalue weighted by Crippen LogP contribution is -2.39. The van der Waals surface area contributed by atoms with Crippen LogP contribution in [0, 0.1) is 11.8 Å². The average molecular weight is 441 g/mol. The molecule has 1 saturated carbocycles. The maximum atomic E-state index is 9.87. The number of nitrogens with zero attached hydrogens (tertiary/aromatic N) is 1. The van der Waals surface area contributed by atoms with Crippen LogP contribution in [0.1, 0.15) is 53.4 Å². The van der Waals surface area contributed by atoms with Gasteiger partial charge in [0.05, 0.1) is 12.2 Å². The first-order valence-electron chi connectivity index (χ1n) is 8.90. The van der Waals surface area contributed by atoms with Gasteiger partial charge in [-0.25, -0.2) is 0 Å². The minimum absolute atomic E-state index is 0. The Morgan fingerprint density at radius 2 is 2.00 bits per heavy atom. The number of aliphatic hydroxyl groups is 1. The fourth-order valence-electron chi connectivity index (χ4n) is 2.94. The summed E-state index contributed by atoms with van der Waals surface area (Å²) in [5.41, 5.74) is 0. The molecule has 1 fully saturated rings. The number of halogens is 1. The molecule has 3 N–H and O–H groups in total. The van der Waals surface area contributed by atoms with E-state index in [2.05, 4.69) is 36.4 Å². The van der Waals surface area contributed by atoms with Crippen LogP contribution >= 0.6 is 24.0 Å². The lowest BCUT2D eigenvalue weighted by molar-refractivity contribution is 0.0258. The predicted octanol–water partition coefficient (Wildman–Crippen LogP) is 2.77. The van der Waals surface area contributed by atoms with E-state index in [4.69, 9.17) is 4.74 Å². The molecular weight excluding hydrogens is 405 g/mol. The molecule has 0 saturated heterocycles. The number of ether oxygens (including phenoxy) is 1. The molecule has 0 aromatic carbocycles. The quantitative estimate of drug-likeness (QED) is 0.293. The van der Waals surface area contributed by atoms with Gasteiger partial charge in [-0.05, 0) is 39.0 Å². The Kier molecular flexibility index (Phi) is 13.2. The Hall–Kier alpha value is -0.0800. The molecule has 1 aliphatic rings. The fourth-order valence-corrected chi connectivity index (χ4v) is 2.94.